The van der Waals surface area contributed by atoms with Gasteiger partial charge in [0, 0.05) is 18.1 Å². The second-order valence-corrected chi connectivity index (χ2v) is 5.37. The number of hydrogen-bond donors (Lipinski definition) is 0. The number of carbonyl (C=O) groups excluding carboxylic acids is 3. The molecule has 6 nitrogen and oxygen atoms in total. The van der Waals surface area contributed by atoms with Gasteiger partial charge in [0.2, 0.25) is 5.91 Å². The summed E-state index contributed by atoms with van der Waals surface area (Å²) in [6, 6.07) is 6.45. The number of furan rings is 1. The molecule has 2 aromatic rings. The van der Waals surface area contributed by atoms with E-state index in [1.54, 1.807) is 24.3 Å². The summed E-state index contributed by atoms with van der Waals surface area (Å²) in [6.07, 6.45) is 2.91. The third-order valence-electron chi connectivity index (χ3n) is 3.86. The van der Waals surface area contributed by atoms with Gasteiger partial charge in [0.15, 0.2) is 5.78 Å². The zero-order valence-electron chi connectivity index (χ0n) is 13.5. The molecule has 0 aliphatic carbocycles. The molecule has 1 aliphatic rings. The third kappa shape index (κ3) is 2.32. The molecule has 3 rings (SSSR count). The summed E-state index contributed by atoms with van der Waals surface area (Å²) in [5.41, 5.74) is 2.18. The van der Waals surface area contributed by atoms with Crippen molar-refractivity contribution in [2.45, 2.75) is 13.8 Å². The maximum absolute atomic E-state index is 12.8. The van der Waals surface area contributed by atoms with E-state index in [0.717, 1.165) is 4.90 Å². The summed E-state index contributed by atoms with van der Waals surface area (Å²) in [4.78, 5) is 37.5. The molecule has 0 saturated carbocycles. The summed E-state index contributed by atoms with van der Waals surface area (Å²) in [6.45, 7) is 2.76. The van der Waals surface area contributed by atoms with Crippen molar-refractivity contribution in [2.75, 3.05) is 12.0 Å². The molecule has 2 amide bonds. The summed E-state index contributed by atoms with van der Waals surface area (Å²) >= 11 is 0. The lowest BCUT2D eigenvalue weighted by atomic mass is 10.00. The molecule has 0 saturated heterocycles. The Kier molecular flexibility index (Phi) is 3.81. The highest BCUT2D eigenvalue weighted by molar-refractivity contribution is 6.43. The lowest BCUT2D eigenvalue weighted by Crippen LogP contribution is -2.31. The fourth-order valence-corrected chi connectivity index (χ4v) is 2.78. The number of ether oxygens (including phenoxy) is 1. The predicted molar refractivity (Wildman–Crippen MR) is 87.1 cm³/mol. The molecule has 24 heavy (non-hydrogen) atoms. The molecule has 1 aliphatic heterocycles. The van der Waals surface area contributed by atoms with Crippen LogP contribution in [0.15, 0.2) is 41.2 Å². The van der Waals surface area contributed by atoms with E-state index in [0.29, 0.717) is 28.1 Å². The highest BCUT2D eigenvalue weighted by Crippen LogP contribution is 2.41. The van der Waals surface area contributed by atoms with Gasteiger partial charge in [0.25, 0.3) is 5.91 Å². The molecule has 0 bridgehead atoms. The summed E-state index contributed by atoms with van der Waals surface area (Å²) in [5.74, 6) is -0.738. The number of hydrogen-bond acceptors (Lipinski definition) is 5. The Morgan fingerprint density at radius 1 is 1.12 bits per heavy atom. The van der Waals surface area contributed by atoms with Crippen LogP contribution in [0.3, 0.4) is 0 Å². The number of benzene rings is 1. The van der Waals surface area contributed by atoms with Gasteiger partial charge >= 0.3 is 0 Å². The van der Waals surface area contributed by atoms with Crippen molar-refractivity contribution in [3.8, 4) is 0 Å². The zero-order chi connectivity index (χ0) is 17.4. The molecule has 122 valence electrons. The average molecular weight is 325 g/mol. The largest absolute Gasteiger partial charge is 0.495 e. The van der Waals surface area contributed by atoms with Crippen molar-refractivity contribution in [3.05, 3.63) is 53.5 Å². The molecule has 0 N–H and O–H groups in total. The SMILES string of the molecule is CO/C(=C1\C(=O)N(C(C)=O)c2ccc(C(C)=O)cc21)c1ccoc1. The number of methoxy groups -OCH3 is 1. The fourth-order valence-electron chi connectivity index (χ4n) is 2.78. The van der Waals surface area contributed by atoms with Crippen molar-refractivity contribution in [1.29, 1.82) is 0 Å². The van der Waals surface area contributed by atoms with Crippen LogP contribution in [0.4, 0.5) is 5.69 Å². The standard InChI is InChI=1S/C18H15NO5/c1-10(20)12-4-5-15-14(8-12)16(18(22)19(15)11(2)21)17(23-3)13-6-7-24-9-13/h4-9H,1-3H3/b17-16-. The van der Waals surface area contributed by atoms with Crippen molar-refractivity contribution in [1.82, 2.24) is 0 Å². The van der Waals surface area contributed by atoms with Crippen LogP contribution in [0.5, 0.6) is 0 Å². The van der Waals surface area contributed by atoms with Gasteiger partial charge in [-0.2, -0.15) is 0 Å². The summed E-state index contributed by atoms with van der Waals surface area (Å²) in [7, 11) is 1.44. The minimum Gasteiger partial charge on any atom is -0.495 e. The first-order valence-corrected chi connectivity index (χ1v) is 7.27. The van der Waals surface area contributed by atoms with E-state index < -0.39 is 11.8 Å². The Hall–Kier alpha value is -3.15. The van der Waals surface area contributed by atoms with Crippen LogP contribution in [0.25, 0.3) is 11.3 Å². The lowest BCUT2D eigenvalue weighted by Gasteiger charge is -2.12. The maximum atomic E-state index is 12.8. The van der Waals surface area contributed by atoms with E-state index in [9.17, 15) is 14.4 Å². The second kappa shape index (κ2) is 5.81. The van der Waals surface area contributed by atoms with Gasteiger partial charge in [-0.15, -0.1) is 0 Å². The second-order valence-electron chi connectivity index (χ2n) is 5.37. The number of anilines is 1. The van der Waals surface area contributed by atoms with E-state index in [1.165, 1.54) is 33.5 Å². The van der Waals surface area contributed by atoms with Crippen LogP contribution in [0, 0.1) is 0 Å². The van der Waals surface area contributed by atoms with Gasteiger partial charge < -0.3 is 9.15 Å². The van der Waals surface area contributed by atoms with Gasteiger partial charge in [0.05, 0.1) is 30.2 Å². The normalized spacial score (nSPS) is 15.3. The van der Waals surface area contributed by atoms with Crippen LogP contribution in [-0.4, -0.2) is 24.7 Å². The molecular formula is C18H15NO5. The molecule has 1 aromatic heterocycles. The van der Waals surface area contributed by atoms with Gasteiger partial charge in [-0.1, -0.05) is 0 Å². The Bertz CT molecular complexity index is 877. The first-order valence-electron chi connectivity index (χ1n) is 7.27. The highest BCUT2D eigenvalue weighted by atomic mass is 16.5. The van der Waals surface area contributed by atoms with Crippen molar-refractivity contribution < 1.29 is 23.5 Å². The lowest BCUT2D eigenvalue weighted by molar-refractivity contribution is -0.122. The monoisotopic (exact) mass is 325 g/mol. The number of imide groups is 1. The highest BCUT2D eigenvalue weighted by Gasteiger charge is 2.38. The van der Waals surface area contributed by atoms with Crippen LogP contribution in [-0.2, 0) is 14.3 Å². The Balaban J connectivity index is 2.32. The predicted octanol–water partition coefficient (Wildman–Crippen LogP) is 2.89. The number of ketones is 1. The van der Waals surface area contributed by atoms with Crippen LogP contribution < -0.4 is 4.90 Å². The van der Waals surface area contributed by atoms with Gasteiger partial charge in [-0.3, -0.25) is 14.4 Å². The molecule has 0 unspecified atom stereocenters. The Morgan fingerprint density at radius 3 is 2.42 bits per heavy atom. The topological polar surface area (TPSA) is 76.8 Å². The molecule has 0 fully saturated rings. The quantitative estimate of drug-likeness (QED) is 0.493. The smallest absolute Gasteiger partial charge is 0.269 e. The van der Waals surface area contributed by atoms with Crippen molar-refractivity contribution in [3.63, 3.8) is 0 Å². The zero-order valence-corrected chi connectivity index (χ0v) is 13.5. The fraction of sp³-hybridized carbons (Fsp3) is 0.167. The molecule has 6 heteroatoms. The van der Waals surface area contributed by atoms with Gasteiger partial charge in [-0.05, 0) is 31.2 Å². The van der Waals surface area contributed by atoms with Crippen LogP contribution >= 0.6 is 0 Å². The number of Topliss-reactive ketones (excluding diaryl/α,β-unsaturated/α-hetero) is 1. The van der Waals surface area contributed by atoms with Gasteiger partial charge in [-0.25, -0.2) is 4.90 Å². The molecule has 0 radical (unpaired) electrons. The average Bonchev–Trinajstić information content (AvgIpc) is 3.15. The van der Waals surface area contributed by atoms with Crippen LogP contribution in [0.1, 0.15) is 35.3 Å². The number of rotatable bonds is 3. The Labute approximate surface area is 138 Å². The van der Waals surface area contributed by atoms with E-state index in [2.05, 4.69) is 0 Å². The Morgan fingerprint density at radius 2 is 1.88 bits per heavy atom. The number of carbonyl (C=O) groups is 3. The molecule has 2 heterocycles. The van der Waals surface area contributed by atoms with E-state index >= 15 is 0 Å². The maximum Gasteiger partial charge on any atom is 0.269 e. The number of fused-ring (bicyclic) bond motifs is 1. The first-order chi connectivity index (χ1) is 11.5. The summed E-state index contributed by atoms with van der Waals surface area (Å²) < 4.78 is 10.5. The minimum atomic E-state index is -0.490. The van der Waals surface area contributed by atoms with Crippen LogP contribution in [0.2, 0.25) is 0 Å². The van der Waals surface area contributed by atoms with E-state index in [-0.39, 0.29) is 11.4 Å². The molecule has 0 atom stereocenters. The van der Waals surface area contributed by atoms with Crippen molar-refractivity contribution in [2.24, 2.45) is 0 Å². The van der Waals surface area contributed by atoms with E-state index in [1.807, 2.05) is 0 Å². The third-order valence-corrected chi connectivity index (χ3v) is 3.86. The molecule has 1 aromatic carbocycles. The molecular weight excluding hydrogens is 310 g/mol. The number of nitrogens with zero attached hydrogens (tertiary/aromatic N) is 1. The number of amides is 2. The summed E-state index contributed by atoms with van der Waals surface area (Å²) in [5, 5.41) is 0. The minimum absolute atomic E-state index is 0.131. The van der Waals surface area contributed by atoms with Gasteiger partial charge in [0.1, 0.15) is 12.0 Å². The first kappa shape index (κ1) is 15.7. The molecule has 0 spiro atoms. The van der Waals surface area contributed by atoms with E-state index in [4.69, 9.17) is 9.15 Å². The van der Waals surface area contributed by atoms with Crippen molar-refractivity contribution >= 4 is 34.6 Å².